The molecule has 0 fully saturated rings. The first-order valence-electron chi connectivity index (χ1n) is 6.41. The quantitative estimate of drug-likeness (QED) is 0.799. The molecule has 3 rings (SSSR count). The van der Waals surface area contributed by atoms with Gasteiger partial charge in [0.05, 0.1) is 5.71 Å². The van der Waals surface area contributed by atoms with Crippen LogP contribution in [0, 0.1) is 5.92 Å². The van der Waals surface area contributed by atoms with Gasteiger partial charge in [0, 0.05) is 30.5 Å². The van der Waals surface area contributed by atoms with E-state index in [2.05, 4.69) is 15.8 Å². The van der Waals surface area contributed by atoms with Crippen LogP contribution in [0.5, 0.6) is 0 Å². The molecule has 1 aliphatic carbocycles. The Bertz CT molecular complexity index is 592. The molecule has 1 aromatic rings. The molecule has 5 nitrogen and oxygen atoms in total. The molecular formula is C14H15N3O2. The maximum atomic E-state index is 11.3. The summed E-state index contributed by atoms with van der Waals surface area (Å²) < 4.78 is 0. The van der Waals surface area contributed by atoms with Crippen LogP contribution in [0.25, 0.3) is 0 Å². The summed E-state index contributed by atoms with van der Waals surface area (Å²) in [5.41, 5.74) is 6.59. The van der Waals surface area contributed by atoms with E-state index in [-0.39, 0.29) is 17.7 Å². The molecule has 2 amide bonds. The summed E-state index contributed by atoms with van der Waals surface area (Å²) in [7, 11) is 0. The fraction of sp³-hybridized carbons (Fsp3) is 0.357. The Hall–Kier alpha value is -2.17. The molecule has 2 N–H and O–H groups in total. The zero-order valence-electron chi connectivity index (χ0n) is 10.7. The molecule has 0 spiro atoms. The smallest absolute Gasteiger partial charge is 0.240 e. The van der Waals surface area contributed by atoms with Gasteiger partial charge in [-0.05, 0) is 30.5 Å². The van der Waals surface area contributed by atoms with Crippen molar-refractivity contribution in [1.29, 1.82) is 0 Å². The van der Waals surface area contributed by atoms with Crippen LogP contribution in [-0.4, -0.2) is 17.5 Å². The van der Waals surface area contributed by atoms with Gasteiger partial charge < -0.3 is 5.32 Å². The Morgan fingerprint density at radius 1 is 1.47 bits per heavy atom. The van der Waals surface area contributed by atoms with E-state index in [0.717, 1.165) is 29.8 Å². The molecule has 0 radical (unpaired) electrons. The van der Waals surface area contributed by atoms with E-state index >= 15 is 0 Å². The number of carbonyl (C=O) groups is 2. The number of hydrazone groups is 1. The molecule has 5 heteroatoms. The van der Waals surface area contributed by atoms with Crippen LogP contribution >= 0.6 is 0 Å². The summed E-state index contributed by atoms with van der Waals surface area (Å²) in [4.78, 5) is 22.4. The maximum Gasteiger partial charge on any atom is 0.240 e. The van der Waals surface area contributed by atoms with E-state index < -0.39 is 0 Å². The lowest BCUT2D eigenvalue weighted by atomic mass is 9.79. The van der Waals surface area contributed by atoms with Gasteiger partial charge in [-0.1, -0.05) is 6.07 Å². The third-order valence-electron chi connectivity index (χ3n) is 3.58. The van der Waals surface area contributed by atoms with E-state index in [0.29, 0.717) is 6.42 Å². The van der Waals surface area contributed by atoms with E-state index in [1.165, 1.54) is 12.5 Å². The lowest BCUT2D eigenvalue weighted by Gasteiger charge is -2.29. The number of aryl methyl sites for hydroxylation is 1. The molecule has 98 valence electrons. The Labute approximate surface area is 111 Å². The minimum atomic E-state index is -0.0732. The first kappa shape index (κ1) is 11.9. The standard InChI is InChI=1S/C14H15N3O2/c1-8(18)15-11-4-5-12-9(6-11)2-3-10-7-13(19)16-17-14(10)12/h4-6,10H,2-3,7H2,1H3,(H,15,18)(H,16,19). The fourth-order valence-corrected chi connectivity index (χ4v) is 2.76. The van der Waals surface area contributed by atoms with Crippen molar-refractivity contribution in [3.63, 3.8) is 0 Å². The highest BCUT2D eigenvalue weighted by Gasteiger charge is 2.30. The normalized spacial score (nSPS) is 20.8. The highest BCUT2D eigenvalue weighted by molar-refractivity contribution is 6.08. The minimum Gasteiger partial charge on any atom is -0.326 e. The molecular weight excluding hydrogens is 242 g/mol. The van der Waals surface area contributed by atoms with Gasteiger partial charge in [-0.15, -0.1) is 0 Å². The Balaban J connectivity index is 1.96. The van der Waals surface area contributed by atoms with Crippen LogP contribution in [0.1, 0.15) is 30.9 Å². The maximum absolute atomic E-state index is 11.3. The summed E-state index contributed by atoms with van der Waals surface area (Å²) in [5.74, 6) is 0.149. The average Bonchev–Trinajstić information content (AvgIpc) is 2.37. The molecule has 1 unspecified atom stereocenters. The SMILES string of the molecule is CC(=O)Nc1ccc2c(c1)CCC1CC(=O)NN=C21. The van der Waals surface area contributed by atoms with Crippen molar-refractivity contribution in [2.24, 2.45) is 11.0 Å². The Morgan fingerprint density at radius 3 is 3.11 bits per heavy atom. The van der Waals surface area contributed by atoms with E-state index in [4.69, 9.17) is 0 Å². The van der Waals surface area contributed by atoms with Gasteiger partial charge >= 0.3 is 0 Å². The predicted molar refractivity (Wildman–Crippen MR) is 71.9 cm³/mol. The van der Waals surface area contributed by atoms with Crippen molar-refractivity contribution in [2.45, 2.75) is 26.2 Å². The molecule has 0 bridgehead atoms. The third-order valence-corrected chi connectivity index (χ3v) is 3.58. The van der Waals surface area contributed by atoms with Crippen LogP contribution in [0.15, 0.2) is 23.3 Å². The van der Waals surface area contributed by atoms with Gasteiger partial charge in [-0.2, -0.15) is 5.10 Å². The summed E-state index contributed by atoms with van der Waals surface area (Å²) in [6.45, 7) is 1.50. The van der Waals surface area contributed by atoms with Crippen molar-refractivity contribution < 1.29 is 9.59 Å². The largest absolute Gasteiger partial charge is 0.326 e. The number of amides is 2. The summed E-state index contributed by atoms with van der Waals surface area (Å²) in [6.07, 6.45) is 2.37. The monoisotopic (exact) mass is 257 g/mol. The van der Waals surface area contributed by atoms with Crippen LogP contribution in [0.2, 0.25) is 0 Å². The van der Waals surface area contributed by atoms with Gasteiger partial charge in [0.1, 0.15) is 0 Å². The lowest BCUT2D eigenvalue weighted by Crippen LogP contribution is -2.36. The van der Waals surface area contributed by atoms with Crippen molar-refractivity contribution in [1.82, 2.24) is 5.43 Å². The third kappa shape index (κ3) is 2.23. The second kappa shape index (κ2) is 4.50. The first-order chi connectivity index (χ1) is 9.13. The van der Waals surface area contributed by atoms with Gasteiger partial charge in [0.15, 0.2) is 0 Å². The van der Waals surface area contributed by atoms with E-state index in [1.807, 2.05) is 18.2 Å². The molecule has 1 aliphatic heterocycles. The lowest BCUT2D eigenvalue weighted by molar-refractivity contribution is -0.122. The molecule has 1 heterocycles. The number of rotatable bonds is 1. The first-order valence-corrected chi connectivity index (χ1v) is 6.41. The molecule has 1 atom stereocenters. The van der Waals surface area contributed by atoms with Crippen molar-refractivity contribution in [2.75, 3.05) is 5.32 Å². The molecule has 0 saturated heterocycles. The minimum absolute atomic E-state index is 0.00735. The van der Waals surface area contributed by atoms with Crippen LogP contribution < -0.4 is 10.7 Å². The second-order valence-electron chi connectivity index (χ2n) is 5.02. The number of nitrogens with zero attached hydrogens (tertiary/aromatic N) is 1. The van der Waals surface area contributed by atoms with E-state index in [9.17, 15) is 9.59 Å². The summed E-state index contributed by atoms with van der Waals surface area (Å²) in [6, 6.07) is 5.84. The number of fused-ring (bicyclic) bond motifs is 3. The molecule has 0 aromatic heterocycles. The topological polar surface area (TPSA) is 70.6 Å². The summed E-state index contributed by atoms with van der Waals surface area (Å²) in [5, 5.41) is 6.98. The van der Waals surface area contributed by atoms with Crippen LogP contribution in [0.4, 0.5) is 5.69 Å². The molecule has 0 saturated carbocycles. The highest BCUT2D eigenvalue weighted by atomic mass is 16.2. The highest BCUT2D eigenvalue weighted by Crippen LogP contribution is 2.31. The summed E-state index contributed by atoms with van der Waals surface area (Å²) >= 11 is 0. The number of benzene rings is 1. The molecule has 19 heavy (non-hydrogen) atoms. The van der Waals surface area contributed by atoms with Crippen LogP contribution in [-0.2, 0) is 16.0 Å². The van der Waals surface area contributed by atoms with Gasteiger partial charge in [0.2, 0.25) is 11.8 Å². The Kier molecular flexibility index (Phi) is 2.81. The number of anilines is 1. The average molecular weight is 257 g/mol. The predicted octanol–water partition coefficient (Wildman–Crippen LogP) is 1.43. The number of hydrogen-bond acceptors (Lipinski definition) is 3. The van der Waals surface area contributed by atoms with Crippen molar-refractivity contribution in [3.05, 3.63) is 29.3 Å². The number of carbonyl (C=O) groups excluding carboxylic acids is 2. The van der Waals surface area contributed by atoms with Crippen LogP contribution in [0.3, 0.4) is 0 Å². The molecule has 2 aliphatic rings. The van der Waals surface area contributed by atoms with Crippen molar-refractivity contribution in [3.8, 4) is 0 Å². The zero-order chi connectivity index (χ0) is 13.4. The second-order valence-corrected chi connectivity index (χ2v) is 5.02. The van der Waals surface area contributed by atoms with Gasteiger partial charge in [0.25, 0.3) is 0 Å². The number of nitrogens with one attached hydrogen (secondary N) is 2. The van der Waals surface area contributed by atoms with Crippen molar-refractivity contribution >= 4 is 23.2 Å². The number of hydrogen-bond donors (Lipinski definition) is 2. The Morgan fingerprint density at radius 2 is 2.32 bits per heavy atom. The van der Waals surface area contributed by atoms with Gasteiger partial charge in [-0.25, -0.2) is 5.43 Å². The molecule has 1 aromatic carbocycles. The van der Waals surface area contributed by atoms with Gasteiger partial charge in [-0.3, -0.25) is 9.59 Å². The van der Waals surface area contributed by atoms with E-state index in [1.54, 1.807) is 0 Å². The zero-order valence-corrected chi connectivity index (χ0v) is 10.7. The fourth-order valence-electron chi connectivity index (χ4n) is 2.76.